The first-order valence-corrected chi connectivity index (χ1v) is 7.81. The molecule has 1 aromatic carbocycles. The smallest absolute Gasteiger partial charge is 0.214 e. The number of nitrogens with zero attached hydrogens (tertiary/aromatic N) is 2. The summed E-state index contributed by atoms with van der Waals surface area (Å²) < 4.78 is 5.31. The van der Waals surface area contributed by atoms with Crippen LogP contribution in [0.1, 0.15) is 12.0 Å². The molecule has 1 aromatic heterocycles. The largest absolute Gasteiger partial charge is 0.481 e. The third-order valence-electron chi connectivity index (χ3n) is 4.28. The van der Waals surface area contributed by atoms with Crippen molar-refractivity contribution >= 4 is 11.5 Å². The Labute approximate surface area is 136 Å². The van der Waals surface area contributed by atoms with Crippen LogP contribution in [0.25, 0.3) is 5.70 Å². The van der Waals surface area contributed by atoms with E-state index in [0.717, 1.165) is 12.2 Å². The van der Waals surface area contributed by atoms with Gasteiger partial charge in [0.2, 0.25) is 5.88 Å². The van der Waals surface area contributed by atoms with Crippen molar-refractivity contribution in [3.05, 3.63) is 84.0 Å². The quantitative estimate of drug-likeness (QED) is 0.849. The van der Waals surface area contributed by atoms with Gasteiger partial charge in [-0.25, -0.2) is 0 Å². The van der Waals surface area contributed by atoms with E-state index < -0.39 is 0 Å². The van der Waals surface area contributed by atoms with Crippen LogP contribution in [0.15, 0.2) is 78.4 Å². The second-order valence-corrected chi connectivity index (χ2v) is 5.65. The standard InChI is InChI=1S/C20H18N2O/c1-23-20-13-7-12-19(21-20)22-17-11-6-5-10-16(17)14-18(22)15-8-3-2-4-9-15/h2-10,12-14,17H,11H2,1H3. The maximum atomic E-state index is 5.31. The van der Waals surface area contributed by atoms with Gasteiger partial charge < -0.3 is 9.64 Å². The first kappa shape index (κ1) is 13.8. The zero-order chi connectivity index (χ0) is 15.6. The molecule has 2 aliphatic rings. The highest BCUT2D eigenvalue weighted by Gasteiger charge is 2.32. The van der Waals surface area contributed by atoms with E-state index in [-0.39, 0.29) is 0 Å². The van der Waals surface area contributed by atoms with Gasteiger partial charge in [-0.1, -0.05) is 54.6 Å². The van der Waals surface area contributed by atoms with Gasteiger partial charge in [-0.3, -0.25) is 0 Å². The van der Waals surface area contributed by atoms with Crippen molar-refractivity contribution in [1.29, 1.82) is 0 Å². The molecule has 0 amide bonds. The number of anilines is 1. The summed E-state index contributed by atoms with van der Waals surface area (Å²) >= 11 is 0. The zero-order valence-corrected chi connectivity index (χ0v) is 13.0. The van der Waals surface area contributed by atoms with Gasteiger partial charge in [0.05, 0.1) is 18.8 Å². The van der Waals surface area contributed by atoms with Crippen LogP contribution in [-0.2, 0) is 0 Å². The number of allylic oxidation sites excluding steroid dienone is 2. The molecular formula is C20H18N2O. The van der Waals surface area contributed by atoms with E-state index in [1.165, 1.54) is 16.8 Å². The van der Waals surface area contributed by atoms with Crippen molar-refractivity contribution in [2.45, 2.75) is 12.5 Å². The van der Waals surface area contributed by atoms with Crippen molar-refractivity contribution in [2.75, 3.05) is 12.0 Å². The second-order valence-electron chi connectivity index (χ2n) is 5.65. The number of ether oxygens (including phenoxy) is 1. The van der Waals surface area contributed by atoms with E-state index in [4.69, 9.17) is 4.74 Å². The molecule has 0 spiro atoms. The Morgan fingerprint density at radius 2 is 1.96 bits per heavy atom. The average Bonchev–Trinajstić information content (AvgIpc) is 3.02. The number of pyridine rings is 1. The van der Waals surface area contributed by atoms with Crippen LogP contribution in [-0.4, -0.2) is 18.1 Å². The SMILES string of the molecule is COc1cccc(N2C(c3ccccc3)=CC3=CC=CCC32)n1. The highest BCUT2D eigenvalue weighted by Crippen LogP contribution is 2.39. The number of benzene rings is 1. The van der Waals surface area contributed by atoms with E-state index in [1.54, 1.807) is 7.11 Å². The van der Waals surface area contributed by atoms with Gasteiger partial charge in [0.1, 0.15) is 5.82 Å². The number of aromatic nitrogens is 1. The molecule has 2 aromatic rings. The lowest BCUT2D eigenvalue weighted by atomic mass is 10.0. The maximum absolute atomic E-state index is 5.31. The molecule has 3 nitrogen and oxygen atoms in total. The Hall–Kier alpha value is -2.81. The molecule has 23 heavy (non-hydrogen) atoms. The lowest BCUT2D eigenvalue weighted by molar-refractivity contribution is 0.398. The third kappa shape index (κ3) is 2.44. The van der Waals surface area contributed by atoms with Crippen molar-refractivity contribution in [2.24, 2.45) is 0 Å². The molecule has 1 aliphatic heterocycles. The minimum absolute atomic E-state index is 0.301. The number of hydrogen-bond acceptors (Lipinski definition) is 3. The molecule has 114 valence electrons. The molecule has 0 N–H and O–H groups in total. The molecule has 1 aliphatic carbocycles. The van der Waals surface area contributed by atoms with Crippen molar-refractivity contribution in [1.82, 2.24) is 4.98 Å². The highest BCUT2D eigenvalue weighted by molar-refractivity contribution is 5.86. The van der Waals surface area contributed by atoms with Crippen LogP contribution >= 0.6 is 0 Å². The Morgan fingerprint density at radius 1 is 1.09 bits per heavy atom. The summed E-state index contributed by atoms with van der Waals surface area (Å²) in [5.41, 5.74) is 3.72. The van der Waals surface area contributed by atoms with Gasteiger partial charge in [0.15, 0.2) is 0 Å². The first-order chi connectivity index (χ1) is 11.4. The van der Waals surface area contributed by atoms with E-state index in [1.807, 2.05) is 24.3 Å². The van der Waals surface area contributed by atoms with E-state index in [0.29, 0.717) is 11.9 Å². The monoisotopic (exact) mass is 302 g/mol. The van der Waals surface area contributed by atoms with Gasteiger partial charge in [-0.15, -0.1) is 0 Å². The number of methoxy groups -OCH3 is 1. The van der Waals surface area contributed by atoms with Crippen LogP contribution in [0.2, 0.25) is 0 Å². The molecule has 3 heteroatoms. The number of hydrogen-bond donors (Lipinski definition) is 0. The predicted molar refractivity (Wildman–Crippen MR) is 93.3 cm³/mol. The fourth-order valence-corrected chi connectivity index (χ4v) is 3.19. The Bertz CT molecular complexity index is 805. The molecule has 1 atom stereocenters. The minimum Gasteiger partial charge on any atom is -0.481 e. The summed E-state index contributed by atoms with van der Waals surface area (Å²) in [7, 11) is 1.65. The maximum Gasteiger partial charge on any atom is 0.214 e. The van der Waals surface area contributed by atoms with E-state index in [2.05, 4.69) is 58.5 Å². The Kier molecular flexibility index (Phi) is 3.46. The van der Waals surface area contributed by atoms with Crippen LogP contribution in [0, 0.1) is 0 Å². The normalized spacial score (nSPS) is 19.2. The number of fused-ring (bicyclic) bond motifs is 1. The first-order valence-electron chi connectivity index (χ1n) is 7.81. The predicted octanol–water partition coefficient (Wildman–Crippen LogP) is 4.21. The van der Waals surface area contributed by atoms with Gasteiger partial charge in [-0.05, 0) is 29.7 Å². The summed E-state index contributed by atoms with van der Waals surface area (Å²) in [6.45, 7) is 0. The van der Waals surface area contributed by atoms with Crippen LogP contribution in [0.4, 0.5) is 5.82 Å². The van der Waals surface area contributed by atoms with Crippen molar-refractivity contribution in [3.63, 3.8) is 0 Å². The van der Waals surface area contributed by atoms with Crippen LogP contribution < -0.4 is 9.64 Å². The van der Waals surface area contributed by atoms with E-state index in [9.17, 15) is 0 Å². The van der Waals surface area contributed by atoms with Gasteiger partial charge in [-0.2, -0.15) is 4.98 Å². The summed E-state index contributed by atoms with van der Waals surface area (Å²) in [4.78, 5) is 6.96. The highest BCUT2D eigenvalue weighted by atomic mass is 16.5. The molecule has 0 radical (unpaired) electrons. The van der Waals surface area contributed by atoms with Crippen LogP contribution in [0.5, 0.6) is 5.88 Å². The molecule has 2 heterocycles. The molecular weight excluding hydrogens is 284 g/mol. The number of rotatable bonds is 3. The minimum atomic E-state index is 0.301. The molecule has 0 saturated carbocycles. The van der Waals surface area contributed by atoms with Gasteiger partial charge >= 0.3 is 0 Å². The fraction of sp³-hybridized carbons (Fsp3) is 0.150. The molecule has 1 unspecified atom stereocenters. The second kappa shape index (κ2) is 5.76. The molecule has 0 fully saturated rings. The van der Waals surface area contributed by atoms with Crippen molar-refractivity contribution in [3.8, 4) is 5.88 Å². The summed E-state index contributed by atoms with van der Waals surface area (Å²) in [5, 5.41) is 0. The average molecular weight is 302 g/mol. The molecule has 4 rings (SSSR count). The Morgan fingerprint density at radius 3 is 2.78 bits per heavy atom. The summed E-state index contributed by atoms with van der Waals surface area (Å²) in [6, 6.07) is 16.7. The van der Waals surface area contributed by atoms with E-state index >= 15 is 0 Å². The molecule has 0 saturated heterocycles. The van der Waals surface area contributed by atoms with Crippen molar-refractivity contribution < 1.29 is 4.74 Å². The topological polar surface area (TPSA) is 25.4 Å². The summed E-state index contributed by atoms with van der Waals surface area (Å²) in [6.07, 6.45) is 9.79. The third-order valence-corrected chi connectivity index (χ3v) is 4.28. The lowest BCUT2D eigenvalue weighted by Gasteiger charge is -2.30. The van der Waals surface area contributed by atoms with Crippen LogP contribution in [0.3, 0.4) is 0 Å². The fourth-order valence-electron chi connectivity index (χ4n) is 3.19. The van der Waals surface area contributed by atoms with Gasteiger partial charge in [0, 0.05) is 6.07 Å². The molecule has 0 bridgehead atoms. The zero-order valence-electron chi connectivity index (χ0n) is 13.0. The van der Waals surface area contributed by atoms with Gasteiger partial charge in [0.25, 0.3) is 0 Å². The lowest BCUT2D eigenvalue weighted by Crippen LogP contribution is -2.31. The Balaban J connectivity index is 1.83. The summed E-state index contributed by atoms with van der Waals surface area (Å²) in [5.74, 6) is 1.56.